The van der Waals surface area contributed by atoms with Crippen LogP contribution in [0.2, 0.25) is 0 Å². The molecule has 0 spiro atoms. The summed E-state index contributed by atoms with van der Waals surface area (Å²) in [4.78, 5) is 16.1. The fraction of sp³-hybridized carbons (Fsp3) is 0.200. The second-order valence-corrected chi connectivity index (χ2v) is 6.34. The molecule has 1 aromatic heterocycles. The molecule has 1 atom stereocenters. The Morgan fingerprint density at radius 1 is 1.71 bits per heavy atom. The Morgan fingerprint density at radius 3 is 3.05 bits per heavy atom. The van der Waals surface area contributed by atoms with Crippen LogP contribution in [0, 0.1) is 11.3 Å². The number of carbonyl (C=O) groups excluding carboxylic acids is 1. The van der Waals surface area contributed by atoms with Gasteiger partial charge in [-0.1, -0.05) is 24.4 Å². The van der Waals surface area contributed by atoms with E-state index in [4.69, 9.17) is 4.74 Å². The fourth-order valence-electron chi connectivity index (χ4n) is 2.16. The molecule has 2 rings (SSSR count). The van der Waals surface area contributed by atoms with Gasteiger partial charge in [0.1, 0.15) is 6.61 Å². The zero-order valence-corrected chi connectivity index (χ0v) is 13.1. The van der Waals surface area contributed by atoms with Crippen LogP contribution in [0.5, 0.6) is 0 Å². The van der Waals surface area contributed by atoms with Crippen LogP contribution in [0.3, 0.4) is 0 Å². The van der Waals surface area contributed by atoms with Crippen LogP contribution >= 0.6 is 24.4 Å². The van der Waals surface area contributed by atoms with Gasteiger partial charge in [0.25, 0.3) is 0 Å². The lowest BCUT2D eigenvalue weighted by molar-refractivity contribution is -0.138. The van der Waals surface area contributed by atoms with Crippen LogP contribution in [-0.2, 0) is 9.53 Å². The average molecular weight is 318 g/mol. The maximum Gasteiger partial charge on any atom is 0.336 e. The summed E-state index contributed by atoms with van der Waals surface area (Å²) in [6.45, 7) is 5.50. The summed E-state index contributed by atoms with van der Waals surface area (Å²) in [7, 11) is 0. The highest BCUT2D eigenvalue weighted by Crippen LogP contribution is 2.47. The SMILES string of the molecule is C=CCOC(=O)C1=C(C)SC(S)=C(C#N)C1c1cc[nH]c1. The zero-order valence-electron chi connectivity index (χ0n) is 11.4. The smallest absolute Gasteiger partial charge is 0.336 e. The van der Waals surface area contributed by atoms with Gasteiger partial charge in [-0.25, -0.2) is 4.79 Å². The molecule has 0 saturated heterocycles. The van der Waals surface area contributed by atoms with E-state index in [0.717, 1.165) is 10.5 Å². The van der Waals surface area contributed by atoms with Crippen molar-refractivity contribution in [1.29, 1.82) is 5.26 Å². The third kappa shape index (κ3) is 3.09. The lowest BCUT2D eigenvalue weighted by Gasteiger charge is -2.25. The van der Waals surface area contributed by atoms with E-state index in [1.54, 1.807) is 12.4 Å². The van der Waals surface area contributed by atoms with Gasteiger partial charge in [0.2, 0.25) is 0 Å². The van der Waals surface area contributed by atoms with Crippen molar-refractivity contribution in [1.82, 2.24) is 4.98 Å². The Kier molecular flexibility index (Phi) is 4.99. The van der Waals surface area contributed by atoms with E-state index < -0.39 is 11.9 Å². The first kappa shape index (κ1) is 15.5. The molecule has 1 N–H and O–H groups in total. The Labute approximate surface area is 133 Å². The minimum absolute atomic E-state index is 0.138. The molecule has 1 unspecified atom stereocenters. The lowest BCUT2D eigenvalue weighted by Crippen LogP contribution is -2.20. The molecular weight excluding hydrogens is 304 g/mol. The molecule has 108 valence electrons. The number of aromatic amines is 1. The highest BCUT2D eigenvalue weighted by molar-refractivity contribution is 8.18. The van der Waals surface area contributed by atoms with Crippen LogP contribution < -0.4 is 0 Å². The number of hydrogen-bond donors (Lipinski definition) is 2. The number of carbonyl (C=O) groups is 1. The number of rotatable bonds is 4. The second-order valence-electron chi connectivity index (χ2n) is 4.37. The van der Waals surface area contributed by atoms with E-state index in [9.17, 15) is 10.1 Å². The van der Waals surface area contributed by atoms with Crippen molar-refractivity contribution < 1.29 is 9.53 Å². The summed E-state index contributed by atoms with van der Waals surface area (Å²) in [6.07, 6.45) is 5.04. The van der Waals surface area contributed by atoms with Crippen molar-refractivity contribution in [2.75, 3.05) is 6.61 Å². The van der Waals surface area contributed by atoms with E-state index in [-0.39, 0.29) is 6.61 Å². The Hall–Kier alpha value is -1.84. The van der Waals surface area contributed by atoms with Crippen LogP contribution in [0.15, 0.2) is 51.4 Å². The van der Waals surface area contributed by atoms with Gasteiger partial charge in [-0.2, -0.15) is 5.26 Å². The largest absolute Gasteiger partial charge is 0.458 e. The minimum atomic E-state index is -0.452. The topological polar surface area (TPSA) is 65.9 Å². The lowest BCUT2D eigenvalue weighted by atomic mass is 9.86. The van der Waals surface area contributed by atoms with Gasteiger partial charge in [-0.05, 0) is 23.5 Å². The molecule has 6 heteroatoms. The van der Waals surface area contributed by atoms with E-state index in [1.165, 1.54) is 17.8 Å². The average Bonchev–Trinajstić information content (AvgIpc) is 2.97. The number of allylic oxidation sites excluding steroid dienone is 2. The molecule has 2 heterocycles. The normalized spacial score (nSPS) is 18.4. The van der Waals surface area contributed by atoms with Crippen LogP contribution in [0.1, 0.15) is 18.4 Å². The number of nitriles is 1. The molecule has 1 aliphatic heterocycles. The first-order chi connectivity index (χ1) is 10.1. The molecule has 0 saturated carbocycles. The molecule has 0 amide bonds. The molecule has 4 nitrogen and oxygen atoms in total. The summed E-state index contributed by atoms with van der Waals surface area (Å²) in [5.41, 5.74) is 1.78. The minimum Gasteiger partial charge on any atom is -0.458 e. The van der Waals surface area contributed by atoms with Gasteiger partial charge in [-0.3, -0.25) is 0 Å². The number of nitrogens with zero attached hydrogens (tertiary/aromatic N) is 1. The fourth-order valence-corrected chi connectivity index (χ4v) is 3.63. The number of esters is 1. The Balaban J connectivity index is 2.49. The maximum atomic E-state index is 12.3. The zero-order chi connectivity index (χ0) is 15.4. The van der Waals surface area contributed by atoms with Gasteiger partial charge < -0.3 is 9.72 Å². The first-order valence-electron chi connectivity index (χ1n) is 6.22. The van der Waals surface area contributed by atoms with Gasteiger partial charge in [0.05, 0.1) is 27.4 Å². The first-order valence-corrected chi connectivity index (χ1v) is 7.49. The van der Waals surface area contributed by atoms with Crippen molar-refractivity contribution in [2.24, 2.45) is 0 Å². The highest BCUT2D eigenvalue weighted by Gasteiger charge is 2.35. The second kappa shape index (κ2) is 6.74. The van der Waals surface area contributed by atoms with Crippen molar-refractivity contribution >= 4 is 30.4 Å². The summed E-state index contributed by atoms with van der Waals surface area (Å²) in [5.74, 6) is -0.882. The Morgan fingerprint density at radius 2 is 2.48 bits per heavy atom. The van der Waals surface area contributed by atoms with E-state index >= 15 is 0 Å². The monoisotopic (exact) mass is 318 g/mol. The molecular formula is C15H14N2O2S2. The van der Waals surface area contributed by atoms with Crippen LogP contribution in [-0.4, -0.2) is 17.6 Å². The summed E-state index contributed by atoms with van der Waals surface area (Å²) in [5, 5.41) is 9.42. The molecule has 0 radical (unpaired) electrons. The summed E-state index contributed by atoms with van der Waals surface area (Å²) in [6, 6.07) is 4.00. The molecule has 0 aliphatic carbocycles. The van der Waals surface area contributed by atoms with E-state index in [0.29, 0.717) is 15.4 Å². The molecule has 0 bridgehead atoms. The predicted octanol–water partition coefficient (Wildman–Crippen LogP) is 3.51. The van der Waals surface area contributed by atoms with Crippen molar-refractivity contribution in [2.45, 2.75) is 12.8 Å². The summed E-state index contributed by atoms with van der Waals surface area (Å²) < 4.78 is 5.77. The number of nitrogens with one attached hydrogen (secondary N) is 1. The van der Waals surface area contributed by atoms with Crippen LogP contribution in [0.4, 0.5) is 0 Å². The maximum absolute atomic E-state index is 12.3. The van der Waals surface area contributed by atoms with Crippen molar-refractivity contribution in [3.63, 3.8) is 0 Å². The third-order valence-corrected chi connectivity index (χ3v) is 4.52. The molecule has 1 aromatic rings. The quantitative estimate of drug-likeness (QED) is 0.506. The van der Waals surface area contributed by atoms with E-state index in [2.05, 4.69) is 30.3 Å². The predicted molar refractivity (Wildman–Crippen MR) is 86.6 cm³/mol. The number of hydrogen-bond acceptors (Lipinski definition) is 5. The van der Waals surface area contributed by atoms with E-state index in [1.807, 2.05) is 13.0 Å². The molecule has 0 fully saturated rings. The third-order valence-electron chi connectivity index (χ3n) is 3.06. The van der Waals surface area contributed by atoms with Crippen LogP contribution in [0.25, 0.3) is 0 Å². The van der Waals surface area contributed by atoms with Gasteiger partial charge >= 0.3 is 5.97 Å². The highest BCUT2D eigenvalue weighted by atomic mass is 32.2. The number of aromatic nitrogens is 1. The number of ether oxygens (including phenoxy) is 1. The van der Waals surface area contributed by atoms with Gasteiger partial charge in [-0.15, -0.1) is 12.6 Å². The van der Waals surface area contributed by atoms with Gasteiger partial charge in [0.15, 0.2) is 0 Å². The Bertz CT molecular complexity index is 666. The molecule has 21 heavy (non-hydrogen) atoms. The molecule has 1 aliphatic rings. The number of thioether (sulfide) groups is 1. The van der Waals surface area contributed by atoms with Gasteiger partial charge in [0, 0.05) is 12.4 Å². The van der Waals surface area contributed by atoms with Crippen molar-refractivity contribution in [3.05, 3.63) is 57.0 Å². The standard InChI is InChI=1S/C15H14N2O2S2/c1-3-6-19-14(18)12-9(2)21-15(20)11(7-16)13(12)10-4-5-17-8-10/h3-5,8,13,17,20H,1,6H2,2H3. The van der Waals surface area contributed by atoms with Crippen molar-refractivity contribution in [3.8, 4) is 6.07 Å². The summed E-state index contributed by atoms with van der Waals surface area (Å²) >= 11 is 5.68. The number of H-pyrrole nitrogens is 1. The number of thiol groups is 1. The molecule has 0 aromatic carbocycles.